The van der Waals surface area contributed by atoms with Crippen LogP contribution in [-0.4, -0.2) is 58.0 Å². The molecule has 1 saturated heterocycles. The Bertz CT molecular complexity index is 896. The molecule has 166 valence electrons. The lowest BCUT2D eigenvalue weighted by Gasteiger charge is -2.29. The number of benzene rings is 2. The molecule has 4 rings (SSSR count). The lowest BCUT2D eigenvalue weighted by atomic mass is 10.1. The van der Waals surface area contributed by atoms with Crippen LogP contribution in [0, 0.1) is 0 Å². The summed E-state index contributed by atoms with van der Waals surface area (Å²) in [6.07, 6.45) is 3.38. The molecule has 0 radical (unpaired) electrons. The highest BCUT2D eigenvalue weighted by atomic mass is 16.7. The Hall–Kier alpha value is -2.93. The van der Waals surface area contributed by atoms with Crippen LogP contribution in [0.5, 0.6) is 17.2 Å². The monoisotopic (exact) mass is 424 g/mol. The van der Waals surface area contributed by atoms with E-state index in [1.54, 1.807) is 7.11 Å². The third-order valence-electron chi connectivity index (χ3n) is 5.89. The van der Waals surface area contributed by atoms with Crippen molar-refractivity contribution in [3.05, 3.63) is 53.6 Å². The molecule has 2 aliphatic heterocycles. The Labute approximate surface area is 184 Å². The summed E-state index contributed by atoms with van der Waals surface area (Å²) in [5, 5.41) is 6.95. The molecule has 0 aliphatic carbocycles. The van der Waals surface area contributed by atoms with Gasteiger partial charge in [-0.05, 0) is 67.7 Å². The van der Waals surface area contributed by atoms with E-state index in [-0.39, 0.29) is 6.04 Å². The van der Waals surface area contributed by atoms with Crippen LogP contribution in [0.15, 0.2) is 47.5 Å². The molecule has 2 aliphatic rings. The van der Waals surface area contributed by atoms with E-state index in [2.05, 4.69) is 44.8 Å². The molecule has 0 amide bonds. The Balaban J connectivity index is 1.33. The van der Waals surface area contributed by atoms with Crippen molar-refractivity contribution in [3.63, 3.8) is 0 Å². The molecule has 1 atom stereocenters. The highest BCUT2D eigenvalue weighted by Crippen LogP contribution is 2.32. The Morgan fingerprint density at radius 1 is 1.10 bits per heavy atom. The minimum absolute atomic E-state index is 0.282. The molecule has 2 heterocycles. The maximum atomic E-state index is 5.47. The molecule has 2 aromatic rings. The fourth-order valence-corrected chi connectivity index (χ4v) is 4.20. The lowest BCUT2D eigenvalue weighted by molar-refractivity contribution is 0.174. The van der Waals surface area contributed by atoms with Gasteiger partial charge in [-0.1, -0.05) is 18.2 Å². The Kier molecular flexibility index (Phi) is 7.14. The van der Waals surface area contributed by atoms with Gasteiger partial charge in [-0.25, -0.2) is 0 Å². The Morgan fingerprint density at radius 2 is 1.94 bits per heavy atom. The second-order valence-corrected chi connectivity index (χ2v) is 7.85. The van der Waals surface area contributed by atoms with Crippen LogP contribution >= 0.6 is 0 Å². The van der Waals surface area contributed by atoms with Crippen LogP contribution in [0.3, 0.4) is 0 Å². The first-order chi connectivity index (χ1) is 15.3. The molecular formula is C24H32N4O3. The number of nitrogens with zero attached hydrogens (tertiary/aromatic N) is 2. The molecule has 0 aromatic heterocycles. The van der Waals surface area contributed by atoms with Gasteiger partial charge in [0.2, 0.25) is 6.79 Å². The quantitative estimate of drug-likeness (QED) is 0.502. The lowest BCUT2D eigenvalue weighted by Crippen LogP contribution is -2.43. The van der Waals surface area contributed by atoms with Crippen molar-refractivity contribution >= 4 is 5.96 Å². The van der Waals surface area contributed by atoms with Gasteiger partial charge >= 0.3 is 0 Å². The van der Waals surface area contributed by atoms with Crippen molar-refractivity contribution in [2.45, 2.75) is 25.3 Å². The number of rotatable bonds is 8. The van der Waals surface area contributed by atoms with Gasteiger partial charge in [-0.3, -0.25) is 9.89 Å². The molecule has 1 unspecified atom stereocenters. The van der Waals surface area contributed by atoms with E-state index in [4.69, 9.17) is 14.2 Å². The van der Waals surface area contributed by atoms with Crippen molar-refractivity contribution in [3.8, 4) is 17.2 Å². The molecule has 7 nitrogen and oxygen atoms in total. The summed E-state index contributed by atoms with van der Waals surface area (Å²) in [5.74, 6) is 3.35. The second kappa shape index (κ2) is 10.4. The zero-order valence-electron chi connectivity index (χ0n) is 18.4. The average Bonchev–Trinajstić information content (AvgIpc) is 3.50. The van der Waals surface area contributed by atoms with Gasteiger partial charge in [-0.2, -0.15) is 0 Å². The topological polar surface area (TPSA) is 67.4 Å². The van der Waals surface area contributed by atoms with Crippen molar-refractivity contribution in [1.29, 1.82) is 0 Å². The number of likely N-dealkylation sites (tertiary alicyclic amines) is 1. The second-order valence-electron chi connectivity index (χ2n) is 7.85. The minimum atomic E-state index is 0.282. The molecule has 2 N–H and O–H groups in total. The van der Waals surface area contributed by atoms with Gasteiger partial charge in [0.1, 0.15) is 5.75 Å². The van der Waals surface area contributed by atoms with Gasteiger partial charge in [0, 0.05) is 20.1 Å². The number of nitrogens with one attached hydrogen (secondary N) is 2. The molecule has 0 bridgehead atoms. The Morgan fingerprint density at radius 3 is 2.74 bits per heavy atom. The molecule has 0 spiro atoms. The predicted octanol–water partition coefficient (Wildman–Crippen LogP) is 2.97. The summed E-state index contributed by atoms with van der Waals surface area (Å²) in [5.41, 5.74) is 2.48. The van der Waals surface area contributed by atoms with Crippen LogP contribution in [0.25, 0.3) is 0 Å². The van der Waals surface area contributed by atoms with Gasteiger partial charge in [-0.15, -0.1) is 0 Å². The van der Waals surface area contributed by atoms with Crippen LogP contribution in [0.1, 0.15) is 30.0 Å². The first-order valence-corrected chi connectivity index (χ1v) is 11.0. The molecule has 1 fully saturated rings. The fraction of sp³-hybridized carbons (Fsp3) is 0.458. The number of ether oxygens (including phenoxy) is 3. The standard InChI is InChI=1S/C24H32N4O3/c1-25-24(26-11-10-18-8-9-22-23(14-18)31-17-30-22)27-16-21(28-12-3-4-13-28)19-6-5-7-20(15-19)29-2/h5-9,14-15,21H,3-4,10-13,16-17H2,1-2H3,(H2,25,26,27). The van der Waals surface area contributed by atoms with Crippen LogP contribution in [0.4, 0.5) is 0 Å². The maximum Gasteiger partial charge on any atom is 0.231 e. The number of fused-ring (bicyclic) bond motifs is 1. The maximum absolute atomic E-state index is 5.47. The molecule has 2 aromatic carbocycles. The summed E-state index contributed by atoms with van der Waals surface area (Å²) >= 11 is 0. The van der Waals surface area contributed by atoms with Crippen molar-refractivity contribution in [1.82, 2.24) is 15.5 Å². The molecule has 0 saturated carbocycles. The summed E-state index contributed by atoms with van der Waals surface area (Å²) < 4.78 is 16.3. The third-order valence-corrected chi connectivity index (χ3v) is 5.89. The van der Waals surface area contributed by atoms with Gasteiger partial charge in [0.05, 0.1) is 13.2 Å². The normalized spacial score (nSPS) is 16.9. The van der Waals surface area contributed by atoms with Gasteiger partial charge in [0.15, 0.2) is 17.5 Å². The summed E-state index contributed by atoms with van der Waals surface area (Å²) in [6, 6.07) is 14.8. The highest BCUT2D eigenvalue weighted by molar-refractivity contribution is 5.79. The number of guanidine groups is 1. The van der Waals surface area contributed by atoms with E-state index in [9.17, 15) is 0 Å². The van der Waals surface area contributed by atoms with Crippen LogP contribution in [0.2, 0.25) is 0 Å². The van der Waals surface area contributed by atoms with E-state index in [0.717, 1.165) is 55.8 Å². The van der Waals surface area contributed by atoms with Gasteiger partial charge in [0.25, 0.3) is 0 Å². The third kappa shape index (κ3) is 5.41. The number of hydrogen-bond acceptors (Lipinski definition) is 5. The van der Waals surface area contributed by atoms with E-state index in [0.29, 0.717) is 6.79 Å². The number of aliphatic imine (C=N–C) groups is 1. The van der Waals surface area contributed by atoms with E-state index >= 15 is 0 Å². The number of hydrogen-bond donors (Lipinski definition) is 2. The molecule has 31 heavy (non-hydrogen) atoms. The first kappa shape index (κ1) is 21.3. The van der Waals surface area contributed by atoms with Crippen molar-refractivity contribution < 1.29 is 14.2 Å². The van der Waals surface area contributed by atoms with E-state index in [1.807, 2.05) is 25.2 Å². The van der Waals surface area contributed by atoms with Crippen molar-refractivity contribution in [2.75, 3.05) is 47.1 Å². The SMILES string of the molecule is CN=C(NCCc1ccc2c(c1)OCO2)NCC(c1cccc(OC)c1)N1CCCC1. The number of methoxy groups -OCH3 is 1. The molecular weight excluding hydrogens is 392 g/mol. The summed E-state index contributed by atoms with van der Waals surface area (Å²) in [7, 11) is 3.53. The largest absolute Gasteiger partial charge is 0.497 e. The zero-order chi connectivity index (χ0) is 21.5. The minimum Gasteiger partial charge on any atom is -0.497 e. The van der Waals surface area contributed by atoms with Crippen LogP contribution < -0.4 is 24.8 Å². The first-order valence-electron chi connectivity index (χ1n) is 11.0. The van der Waals surface area contributed by atoms with E-state index < -0.39 is 0 Å². The summed E-state index contributed by atoms with van der Waals surface area (Å²) in [6.45, 7) is 4.13. The van der Waals surface area contributed by atoms with Crippen molar-refractivity contribution in [2.24, 2.45) is 4.99 Å². The zero-order valence-corrected chi connectivity index (χ0v) is 18.4. The van der Waals surface area contributed by atoms with Gasteiger partial charge < -0.3 is 24.8 Å². The predicted molar refractivity (Wildman–Crippen MR) is 122 cm³/mol. The highest BCUT2D eigenvalue weighted by Gasteiger charge is 2.24. The fourth-order valence-electron chi connectivity index (χ4n) is 4.20. The van der Waals surface area contributed by atoms with E-state index in [1.165, 1.54) is 24.0 Å². The summed E-state index contributed by atoms with van der Waals surface area (Å²) in [4.78, 5) is 6.95. The molecule has 7 heteroatoms. The smallest absolute Gasteiger partial charge is 0.231 e. The van der Waals surface area contributed by atoms with Crippen LogP contribution in [-0.2, 0) is 6.42 Å². The average molecular weight is 425 g/mol.